The second kappa shape index (κ2) is 3.77. The Morgan fingerprint density at radius 3 is 2.53 bits per heavy atom. The lowest BCUT2D eigenvalue weighted by atomic mass is 10.0. The average Bonchev–Trinajstić information content (AvgIpc) is 2.74. The molecule has 78 valence electrons. The molecule has 0 unspecified atom stereocenters. The number of ether oxygens (including phenoxy) is 1. The van der Waals surface area contributed by atoms with Crippen LogP contribution in [0.3, 0.4) is 0 Å². The minimum absolute atomic E-state index is 0.877. The molecule has 1 aromatic heterocycles. The van der Waals surface area contributed by atoms with Crippen LogP contribution in [0.25, 0.3) is 11.3 Å². The van der Waals surface area contributed by atoms with Crippen LogP contribution in [-0.2, 0) is 0 Å². The number of hydrogen-bond donors (Lipinski definition) is 1. The fourth-order valence-electron chi connectivity index (χ4n) is 1.57. The largest absolute Gasteiger partial charge is 0.496 e. The number of nitrogens with zero attached hydrogens (tertiary/aromatic N) is 1. The molecule has 15 heavy (non-hydrogen) atoms. The minimum atomic E-state index is 0.877. The van der Waals surface area contributed by atoms with Gasteiger partial charge in [0.15, 0.2) is 0 Å². The van der Waals surface area contributed by atoms with Gasteiger partial charge in [-0.2, -0.15) is 5.10 Å². The van der Waals surface area contributed by atoms with Crippen molar-refractivity contribution in [3.63, 3.8) is 0 Å². The number of hydrogen-bond acceptors (Lipinski definition) is 2. The van der Waals surface area contributed by atoms with Crippen LogP contribution < -0.4 is 4.74 Å². The van der Waals surface area contributed by atoms with Crippen molar-refractivity contribution in [1.29, 1.82) is 0 Å². The first-order chi connectivity index (χ1) is 7.22. The van der Waals surface area contributed by atoms with E-state index in [0.29, 0.717) is 0 Å². The lowest BCUT2D eigenvalue weighted by Gasteiger charge is -2.10. The Balaban J connectivity index is 2.60. The molecule has 3 nitrogen and oxygen atoms in total. The summed E-state index contributed by atoms with van der Waals surface area (Å²) in [6.07, 6.45) is 1.74. The third kappa shape index (κ3) is 1.73. The van der Waals surface area contributed by atoms with Gasteiger partial charge in [0.25, 0.3) is 0 Å². The molecule has 0 saturated heterocycles. The van der Waals surface area contributed by atoms with Crippen LogP contribution in [0.4, 0.5) is 0 Å². The highest BCUT2D eigenvalue weighted by atomic mass is 16.5. The molecule has 0 aliphatic rings. The number of rotatable bonds is 2. The second-order valence-electron chi connectivity index (χ2n) is 3.61. The zero-order valence-corrected chi connectivity index (χ0v) is 9.16. The Bertz CT molecular complexity index is 461. The van der Waals surface area contributed by atoms with E-state index in [-0.39, 0.29) is 0 Å². The van der Waals surface area contributed by atoms with E-state index >= 15 is 0 Å². The number of aromatic nitrogens is 2. The minimum Gasteiger partial charge on any atom is -0.496 e. The predicted molar refractivity (Wildman–Crippen MR) is 60.0 cm³/mol. The quantitative estimate of drug-likeness (QED) is 0.813. The maximum atomic E-state index is 5.36. The Hall–Kier alpha value is -1.77. The van der Waals surface area contributed by atoms with E-state index in [4.69, 9.17) is 4.74 Å². The number of benzene rings is 1. The van der Waals surface area contributed by atoms with Gasteiger partial charge in [0, 0.05) is 11.8 Å². The summed E-state index contributed by atoms with van der Waals surface area (Å²) < 4.78 is 5.36. The monoisotopic (exact) mass is 202 g/mol. The second-order valence-corrected chi connectivity index (χ2v) is 3.61. The average molecular weight is 202 g/mol. The molecule has 1 N–H and O–H groups in total. The van der Waals surface area contributed by atoms with Crippen LogP contribution >= 0.6 is 0 Å². The van der Waals surface area contributed by atoms with Crippen molar-refractivity contribution < 1.29 is 4.74 Å². The highest BCUT2D eigenvalue weighted by molar-refractivity contribution is 5.68. The number of H-pyrrole nitrogens is 1. The molecule has 0 aliphatic heterocycles. The molecule has 0 fully saturated rings. The lowest BCUT2D eigenvalue weighted by Crippen LogP contribution is -1.91. The molecule has 0 bridgehead atoms. The third-order valence-corrected chi connectivity index (χ3v) is 2.61. The summed E-state index contributed by atoms with van der Waals surface area (Å²) in [5.41, 5.74) is 4.52. The summed E-state index contributed by atoms with van der Waals surface area (Å²) in [4.78, 5) is 0. The van der Waals surface area contributed by atoms with Crippen LogP contribution in [0.2, 0.25) is 0 Å². The summed E-state index contributed by atoms with van der Waals surface area (Å²) in [5, 5.41) is 6.89. The maximum Gasteiger partial charge on any atom is 0.128 e. The van der Waals surface area contributed by atoms with E-state index in [2.05, 4.69) is 30.1 Å². The summed E-state index contributed by atoms with van der Waals surface area (Å²) in [7, 11) is 1.68. The van der Waals surface area contributed by atoms with Crippen LogP contribution in [0, 0.1) is 13.8 Å². The molecule has 0 saturated carbocycles. The number of nitrogens with one attached hydrogen (secondary N) is 1. The van der Waals surface area contributed by atoms with Crippen molar-refractivity contribution in [1.82, 2.24) is 10.2 Å². The fourth-order valence-corrected chi connectivity index (χ4v) is 1.57. The number of methoxy groups -OCH3 is 1. The molecule has 2 aromatic rings. The van der Waals surface area contributed by atoms with Crippen LogP contribution in [0.5, 0.6) is 5.75 Å². The molecule has 0 amide bonds. The standard InChI is InChI=1S/C12H14N2O/c1-8-6-10(11-4-5-13-14-11)12(15-3)7-9(8)2/h4-7H,1-3H3,(H,13,14). The first-order valence-electron chi connectivity index (χ1n) is 4.87. The van der Waals surface area contributed by atoms with Crippen molar-refractivity contribution in [3.8, 4) is 17.0 Å². The van der Waals surface area contributed by atoms with E-state index in [0.717, 1.165) is 17.0 Å². The van der Waals surface area contributed by atoms with Gasteiger partial charge in [-0.15, -0.1) is 0 Å². The highest BCUT2D eigenvalue weighted by Gasteiger charge is 2.08. The highest BCUT2D eigenvalue weighted by Crippen LogP contribution is 2.30. The van der Waals surface area contributed by atoms with Gasteiger partial charge in [-0.25, -0.2) is 0 Å². The van der Waals surface area contributed by atoms with Crippen LogP contribution in [0.1, 0.15) is 11.1 Å². The molecule has 0 atom stereocenters. The van der Waals surface area contributed by atoms with E-state index in [9.17, 15) is 0 Å². The van der Waals surface area contributed by atoms with Gasteiger partial charge >= 0.3 is 0 Å². The molecular formula is C12H14N2O. The van der Waals surface area contributed by atoms with Gasteiger partial charge in [0.05, 0.1) is 12.8 Å². The van der Waals surface area contributed by atoms with Gasteiger partial charge in [-0.3, -0.25) is 5.10 Å². The Labute approximate surface area is 89.1 Å². The summed E-state index contributed by atoms with van der Waals surface area (Å²) in [6, 6.07) is 6.10. The van der Waals surface area contributed by atoms with Crippen molar-refractivity contribution in [2.45, 2.75) is 13.8 Å². The molecule has 0 radical (unpaired) electrons. The number of aryl methyl sites for hydroxylation is 2. The molecule has 1 aromatic carbocycles. The first-order valence-corrected chi connectivity index (χ1v) is 4.87. The maximum absolute atomic E-state index is 5.36. The molecular weight excluding hydrogens is 188 g/mol. The van der Waals surface area contributed by atoms with Gasteiger partial charge in [0.1, 0.15) is 5.75 Å². The van der Waals surface area contributed by atoms with Crippen molar-refractivity contribution >= 4 is 0 Å². The van der Waals surface area contributed by atoms with Gasteiger partial charge in [-0.05, 0) is 43.2 Å². The Kier molecular flexibility index (Phi) is 2.46. The van der Waals surface area contributed by atoms with Crippen molar-refractivity contribution in [2.24, 2.45) is 0 Å². The molecule has 3 heteroatoms. The molecule has 0 aliphatic carbocycles. The van der Waals surface area contributed by atoms with E-state index in [1.807, 2.05) is 12.1 Å². The van der Waals surface area contributed by atoms with Crippen LogP contribution in [-0.4, -0.2) is 17.3 Å². The van der Waals surface area contributed by atoms with E-state index < -0.39 is 0 Å². The Morgan fingerprint density at radius 2 is 1.93 bits per heavy atom. The van der Waals surface area contributed by atoms with Crippen molar-refractivity contribution in [2.75, 3.05) is 7.11 Å². The Morgan fingerprint density at radius 1 is 1.20 bits per heavy atom. The summed E-state index contributed by atoms with van der Waals surface area (Å²) in [5.74, 6) is 0.877. The molecule has 0 spiro atoms. The molecule has 2 rings (SSSR count). The van der Waals surface area contributed by atoms with Gasteiger partial charge in [0.2, 0.25) is 0 Å². The van der Waals surface area contributed by atoms with Gasteiger partial charge in [-0.1, -0.05) is 0 Å². The first kappa shape index (κ1) is 9.77. The zero-order valence-electron chi connectivity index (χ0n) is 9.16. The topological polar surface area (TPSA) is 37.9 Å². The predicted octanol–water partition coefficient (Wildman–Crippen LogP) is 2.70. The van der Waals surface area contributed by atoms with E-state index in [1.54, 1.807) is 13.3 Å². The lowest BCUT2D eigenvalue weighted by molar-refractivity contribution is 0.416. The third-order valence-electron chi connectivity index (χ3n) is 2.61. The van der Waals surface area contributed by atoms with Gasteiger partial charge < -0.3 is 4.74 Å². The fraction of sp³-hybridized carbons (Fsp3) is 0.250. The van der Waals surface area contributed by atoms with Crippen molar-refractivity contribution in [3.05, 3.63) is 35.5 Å². The van der Waals surface area contributed by atoms with Crippen LogP contribution in [0.15, 0.2) is 24.4 Å². The summed E-state index contributed by atoms with van der Waals surface area (Å²) >= 11 is 0. The normalized spacial score (nSPS) is 10.3. The zero-order chi connectivity index (χ0) is 10.8. The SMILES string of the molecule is COc1cc(C)c(C)cc1-c1ccn[nH]1. The molecule has 1 heterocycles. The number of aromatic amines is 1. The summed E-state index contributed by atoms with van der Waals surface area (Å²) in [6.45, 7) is 4.17. The smallest absolute Gasteiger partial charge is 0.128 e. The van der Waals surface area contributed by atoms with E-state index in [1.165, 1.54) is 11.1 Å².